The van der Waals surface area contributed by atoms with E-state index in [1.165, 1.54) is 11.1 Å². The Bertz CT molecular complexity index is 1310. The molecule has 34 heavy (non-hydrogen) atoms. The second-order valence-electron chi connectivity index (χ2n) is 9.89. The fourth-order valence-electron chi connectivity index (χ4n) is 4.55. The average Bonchev–Trinajstić information content (AvgIpc) is 2.89. The zero-order valence-electron chi connectivity index (χ0n) is 20.3. The molecule has 0 unspecified atom stereocenters. The van der Waals surface area contributed by atoms with E-state index < -0.39 is 10.0 Å². The highest BCUT2D eigenvalue weighted by Crippen LogP contribution is 2.43. The second-order valence-corrected chi connectivity index (χ2v) is 12.8. The maximum atomic E-state index is 13.9. The third-order valence-electron chi connectivity index (χ3n) is 6.72. The van der Waals surface area contributed by atoms with E-state index in [0.29, 0.717) is 18.0 Å². The SMILES string of the molecule is Cc1ccc(S(=O)(=O)N(CC2=C(Br)CCC(C)(C)c3cc(C)ccc32)Cc2ccccc2)cc1. The van der Waals surface area contributed by atoms with Gasteiger partial charge in [-0.1, -0.05) is 102 Å². The van der Waals surface area contributed by atoms with Gasteiger partial charge in [-0.2, -0.15) is 4.31 Å². The zero-order chi connectivity index (χ0) is 24.5. The predicted octanol–water partition coefficient (Wildman–Crippen LogP) is 7.37. The number of benzene rings is 3. The van der Waals surface area contributed by atoms with Crippen molar-refractivity contribution in [2.75, 3.05) is 6.54 Å². The second kappa shape index (κ2) is 9.80. The summed E-state index contributed by atoms with van der Waals surface area (Å²) >= 11 is 3.85. The van der Waals surface area contributed by atoms with E-state index in [1.54, 1.807) is 16.4 Å². The van der Waals surface area contributed by atoms with Gasteiger partial charge in [0, 0.05) is 17.6 Å². The van der Waals surface area contributed by atoms with Gasteiger partial charge in [0.1, 0.15) is 0 Å². The Hall–Kier alpha value is -2.21. The largest absolute Gasteiger partial charge is 0.243 e. The van der Waals surface area contributed by atoms with Gasteiger partial charge in [0.2, 0.25) is 10.0 Å². The number of rotatable bonds is 6. The number of aryl methyl sites for hydroxylation is 2. The molecule has 0 aromatic heterocycles. The van der Waals surface area contributed by atoms with Gasteiger partial charge in [0.05, 0.1) is 4.90 Å². The summed E-state index contributed by atoms with van der Waals surface area (Å²) in [6, 6.07) is 23.5. The van der Waals surface area contributed by atoms with Crippen LogP contribution in [-0.2, 0) is 22.0 Å². The molecule has 0 aliphatic heterocycles. The van der Waals surface area contributed by atoms with E-state index in [-0.39, 0.29) is 5.41 Å². The Morgan fingerprint density at radius 1 is 0.882 bits per heavy atom. The maximum absolute atomic E-state index is 13.9. The molecule has 0 N–H and O–H groups in total. The van der Waals surface area contributed by atoms with E-state index in [1.807, 2.05) is 49.4 Å². The van der Waals surface area contributed by atoms with Crippen LogP contribution in [0, 0.1) is 13.8 Å². The molecule has 0 bridgehead atoms. The Morgan fingerprint density at radius 2 is 1.53 bits per heavy atom. The van der Waals surface area contributed by atoms with Gasteiger partial charge in [0.15, 0.2) is 0 Å². The first-order valence-electron chi connectivity index (χ1n) is 11.7. The van der Waals surface area contributed by atoms with Gasteiger partial charge in [-0.05, 0) is 66.5 Å². The van der Waals surface area contributed by atoms with Crippen molar-refractivity contribution in [2.45, 2.75) is 57.4 Å². The van der Waals surface area contributed by atoms with Crippen LogP contribution in [-0.4, -0.2) is 19.3 Å². The number of fused-ring (bicyclic) bond motifs is 1. The van der Waals surface area contributed by atoms with E-state index in [9.17, 15) is 8.42 Å². The van der Waals surface area contributed by atoms with Crippen LogP contribution < -0.4 is 0 Å². The Kier molecular flexibility index (Phi) is 7.18. The van der Waals surface area contributed by atoms with Crippen molar-refractivity contribution in [1.29, 1.82) is 0 Å². The van der Waals surface area contributed by atoms with Crippen molar-refractivity contribution in [3.63, 3.8) is 0 Å². The van der Waals surface area contributed by atoms with Crippen LogP contribution in [0.5, 0.6) is 0 Å². The van der Waals surface area contributed by atoms with Crippen molar-refractivity contribution in [1.82, 2.24) is 4.31 Å². The molecule has 3 nitrogen and oxygen atoms in total. The number of nitrogens with zero attached hydrogens (tertiary/aromatic N) is 1. The summed E-state index contributed by atoms with van der Waals surface area (Å²) in [4.78, 5) is 0.323. The van der Waals surface area contributed by atoms with Gasteiger partial charge >= 0.3 is 0 Å². The Balaban J connectivity index is 1.82. The molecule has 0 atom stereocenters. The van der Waals surface area contributed by atoms with Crippen LogP contribution in [0.4, 0.5) is 0 Å². The van der Waals surface area contributed by atoms with Gasteiger partial charge in [-0.3, -0.25) is 0 Å². The predicted molar refractivity (Wildman–Crippen MR) is 145 cm³/mol. The van der Waals surface area contributed by atoms with Gasteiger partial charge < -0.3 is 0 Å². The summed E-state index contributed by atoms with van der Waals surface area (Å²) in [7, 11) is -3.71. The lowest BCUT2D eigenvalue weighted by molar-refractivity contribution is 0.442. The molecule has 0 saturated carbocycles. The van der Waals surface area contributed by atoms with Crippen molar-refractivity contribution in [3.05, 3.63) is 105 Å². The van der Waals surface area contributed by atoms with Crippen LogP contribution in [0.3, 0.4) is 0 Å². The molecular formula is C29H32BrNO2S. The van der Waals surface area contributed by atoms with E-state index in [0.717, 1.165) is 39.6 Å². The monoisotopic (exact) mass is 537 g/mol. The highest BCUT2D eigenvalue weighted by atomic mass is 79.9. The first kappa shape index (κ1) is 24.9. The molecule has 0 spiro atoms. The summed E-state index contributed by atoms with van der Waals surface area (Å²) in [6.45, 7) is 9.25. The quantitative estimate of drug-likeness (QED) is 0.329. The van der Waals surface area contributed by atoms with Crippen molar-refractivity contribution < 1.29 is 8.42 Å². The number of sulfonamides is 1. The molecule has 3 aromatic rings. The molecule has 4 rings (SSSR count). The molecule has 0 amide bonds. The molecule has 0 radical (unpaired) electrons. The topological polar surface area (TPSA) is 37.4 Å². The smallest absolute Gasteiger partial charge is 0.207 e. The highest BCUT2D eigenvalue weighted by molar-refractivity contribution is 9.11. The molecule has 1 aliphatic carbocycles. The molecular weight excluding hydrogens is 506 g/mol. The zero-order valence-corrected chi connectivity index (χ0v) is 22.7. The number of hydrogen-bond donors (Lipinski definition) is 0. The fourth-order valence-corrected chi connectivity index (χ4v) is 6.49. The molecule has 0 saturated heterocycles. The van der Waals surface area contributed by atoms with E-state index in [4.69, 9.17) is 0 Å². The third kappa shape index (κ3) is 5.22. The van der Waals surface area contributed by atoms with E-state index >= 15 is 0 Å². The standard InChI is InChI=1S/C29H32BrNO2S/c1-21-10-13-24(14-11-21)34(32,33)31(19-23-8-6-5-7-9-23)20-26-25-15-12-22(2)18-27(25)29(3,4)17-16-28(26)30/h5-15,18H,16-17,19-20H2,1-4H3. The molecule has 3 aromatic carbocycles. The molecule has 178 valence electrons. The summed E-state index contributed by atoms with van der Waals surface area (Å²) in [6.07, 6.45) is 1.87. The lowest BCUT2D eigenvalue weighted by atomic mass is 9.78. The molecule has 0 fully saturated rings. The van der Waals surface area contributed by atoms with Crippen LogP contribution >= 0.6 is 15.9 Å². The lowest BCUT2D eigenvalue weighted by Crippen LogP contribution is -2.32. The van der Waals surface area contributed by atoms with Crippen molar-refractivity contribution >= 4 is 31.5 Å². The summed E-state index contributed by atoms with van der Waals surface area (Å²) < 4.78 is 30.5. The molecule has 0 heterocycles. The van der Waals surface area contributed by atoms with Crippen LogP contribution in [0.2, 0.25) is 0 Å². The Morgan fingerprint density at radius 3 is 2.21 bits per heavy atom. The minimum absolute atomic E-state index is 0.00220. The number of allylic oxidation sites excluding steroid dienone is 1. The lowest BCUT2D eigenvalue weighted by Gasteiger charge is -2.28. The average molecular weight is 539 g/mol. The minimum atomic E-state index is -3.71. The molecule has 1 aliphatic rings. The number of hydrogen-bond acceptors (Lipinski definition) is 2. The Labute approximate surface area is 212 Å². The molecule has 5 heteroatoms. The van der Waals surface area contributed by atoms with Crippen LogP contribution in [0.25, 0.3) is 5.57 Å². The van der Waals surface area contributed by atoms with Gasteiger partial charge in [0.25, 0.3) is 0 Å². The fraction of sp³-hybridized carbons (Fsp3) is 0.310. The first-order chi connectivity index (χ1) is 16.1. The van der Waals surface area contributed by atoms with E-state index in [2.05, 4.69) is 54.9 Å². The highest BCUT2D eigenvalue weighted by Gasteiger charge is 2.32. The van der Waals surface area contributed by atoms with Crippen LogP contribution in [0.1, 0.15) is 54.5 Å². The van der Waals surface area contributed by atoms with Crippen molar-refractivity contribution in [3.8, 4) is 0 Å². The summed E-state index contributed by atoms with van der Waals surface area (Å²) in [5, 5.41) is 0. The van der Waals surface area contributed by atoms with Crippen LogP contribution in [0.15, 0.2) is 82.2 Å². The van der Waals surface area contributed by atoms with Gasteiger partial charge in [-0.15, -0.1) is 0 Å². The first-order valence-corrected chi connectivity index (χ1v) is 13.9. The maximum Gasteiger partial charge on any atom is 0.243 e. The van der Waals surface area contributed by atoms with Gasteiger partial charge in [-0.25, -0.2) is 8.42 Å². The number of halogens is 1. The summed E-state index contributed by atoms with van der Waals surface area (Å²) in [5.74, 6) is 0. The van der Waals surface area contributed by atoms with Crippen molar-refractivity contribution in [2.24, 2.45) is 0 Å². The third-order valence-corrected chi connectivity index (χ3v) is 9.40. The normalized spacial score (nSPS) is 15.8. The summed E-state index contributed by atoms with van der Waals surface area (Å²) in [5.41, 5.74) is 6.69. The minimum Gasteiger partial charge on any atom is -0.207 e.